The zero-order valence-electron chi connectivity index (χ0n) is 6.96. The number of aliphatic carboxylic acids is 2. The van der Waals surface area contributed by atoms with E-state index < -0.39 is 18.4 Å². The van der Waals surface area contributed by atoms with E-state index in [1.54, 1.807) is 0 Å². The Bertz CT molecular complexity index is 161. The molecule has 0 aliphatic heterocycles. The lowest BCUT2D eigenvalue weighted by molar-refractivity contribution is -0.306. The molecule has 0 aromatic carbocycles. The van der Waals surface area contributed by atoms with Crippen LogP contribution in [0.25, 0.3) is 0 Å². The number of carbonyl (C=O) groups excluding carboxylic acids is 3. The first-order chi connectivity index (χ1) is 5.40. The first kappa shape index (κ1) is 13.2. The maximum absolute atomic E-state index is 9.83. The lowest BCUT2D eigenvalue weighted by atomic mass is 10.3. The minimum absolute atomic E-state index is 0.111. The molecule has 0 rings (SSSR count). The van der Waals surface area contributed by atoms with Crippen molar-refractivity contribution in [3.8, 4) is 0 Å². The average Bonchev–Trinajstić information content (AvgIpc) is 1.85. The second kappa shape index (κ2) is 7.71. The summed E-state index contributed by atoms with van der Waals surface area (Å²) >= 11 is 0. The van der Waals surface area contributed by atoms with Crippen molar-refractivity contribution in [2.24, 2.45) is 0 Å². The van der Waals surface area contributed by atoms with Gasteiger partial charge in [0.05, 0.1) is 0 Å². The molecule has 0 heterocycles. The third-order valence-electron chi connectivity index (χ3n) is 0.682. The summed E-state index contributed by atoms with van der Waals surface area (Å²) in [4.78, 5) is 28.6. The fraction of sp³-hybridized carbons (Fsp3) is 0.571. The van der Waals surface area contributed by atoms with Gasteiger partial charge in [-0.05, 0) is 13.3 Å². The molecule has 12 heavy (non-hydrogen) atoms. The fourth-order valence-corrected chi connectivity index (χ4v) is 0.203. The molecule has 0 aromatic heterocycles. The Morgan fingerprint density at radius 3 is 1.42 bits per heavy atom. The van der Waals surface area contributed by atoms with Gasteiger partial charge < -0.3 is 19.8 Å². The number of rotatable bonds is 3. The molecular formula is C7H10O5-2. The molecule has 0 amide bonds. The van der Waals surface area contributed by atoms with Crippen LogP contribution in [0, 0.1) is 0 Å². The van der Waals surface area contributed by atoms with E-state index in [1.165, 1.54) is 13.8 Å². The molecule has 0 aliphatic rings. The van der Waals surface area contributed by atoms with E-state index in [2.05, 4.69) is 0 Å². The molecule has 0 unspecified atom stereocenters. The first-order valence-electron chi connectivity index (χ1n) is 3.29. The molecule has 5 nitrogen and oxygen atoms in total. The first-order valence-corrected chi connectivity index (χ1v) is 3.29. The van der Waals surface area contributed by atoms with Crippen molar-refractivity contribution < 1.29 is 24.6 Å². The number of carboxylic acids is 2. The summed E-state index contributed by atoms with van der Waals surface area (Å²) < 4.78 is 0. The fourth-order valence-electron chi connectivity index (χ4n) is 0.203. The summed E-state index contributed by atoms with van der Waals surface area (Å²) in [6, 6.07) is 0. The van der Waals surface area contributed by atoms with Crippen LogP contribution in [0.1, 0.15) is 26.7 Å². The summed E-state index contributed by atoms with van der Waals surface area (Å²) in [6.07, 6.45) is -0.361. The van der Waals surface area contributed by atoms with Gasteiger partial charge in [0.25, 0.3) is 0 Å². The molecule has 0 N–H and O–H groups in total. The van der Waals surface area contributed by atoms with Gasteiger partial charge in [-0.15, -0.1) is 0 Å². The van der Waals surface area contributed by atoms with E-state index in [9.17, 15) is 24.6 Å². The van der Waals surface area contributed by atoms with E-state index in [0.717, 1.165) is 0 Å². The number of carbonyl (C=O) groups is 3. The average molecular weight is 174 g/mol. The molecule has 70 valence electrons. The van der Waals surface area contributed by atoms with Crippen molar-refractivity contribution >= 4 is 17.7 Å². The van der Waals surface area contributed by atoms with Crippen LogP contribution in [0.3, 0.4) is 0 Å². The highest BCUT2D eigenvalue weighted by atomic mass is 16.4. The molecule has 0 aliphatic carbocycles. The number of ketones is 1. The van der Waals surface area contributed by atoms with Crippen LogP contribution in [0.4, 0.5) is 0 Å². The van der Waals surface area contributed by atoms with E-state index in [0.29, 0.717) is 0 Å². The quantitative estimate of drug-likeness (QED) is 0.455. The maximum atomic E-state index is 9.83. The minimum Gasteiger partial charge on any atom is -0.550 e. The summed E-state index contributed by atoms with van der Waals surface area (Å²) in [5.41, 5.74) is 0. The smallest absolute Gasteiger partial charge is 0.135 e. The van der Waals surface area contributed by atoms with Crippen LogP contribution < -0.4 is 10.2 Å². The highest BCUT2D eigenvalue weighted by Gasteiger charge is 1.88. The molecular weight excluding hydrogens is 164 g/mol. The van der Waals surface area contributed by atoms with Gasteiger partial charge in [0.2, 0.25) is 0 Å². The number of Topliss-reactive ketones (excluding diaryl/α,β-unsaturated/α-hetero) is 1. The maximum Gasteiger partial charge on any atom is 0.135 e. The highest BCUT2D eigenvalue weighted by Crippen LogP contribution is 1.74. The SMILES string of the molecule is CC(=O)CC(=O)[O-].CCC(=O)[O-]. The van der Waals surface area contributed by atoms with Crippen LogP contribution in [0.2, 0.25) is 0 Å². The predicted molar refractivity (Wildman–Crippen MR) is 35.6 cm³/mol. The van der Waals surface area contributed by atoms with Crippen molar-refractivity contribution in [2.75, 3.05) is 0 Å². The van der Waals surface area contributed by atoms with Crippen molar-refractivity contribution in [1.82, 2.24) is 0 Å². The van der Waals surface area contributed by atoms with Crippen molar-refractivity contribution in [2.45, 2.75) is 26.7 Å². The van der Waals surface area contributed by atoms with E-state index in [-0.39, 0.29) is 12.2 Å². The van der Waals surface area contributed by atoms with Crippen molar-refractivity contribution in [3.63, 3.8) is 0 Å². The van der Waals surface area contributed by atoms with Gasteiger partial charge in [-0.1, -0.05) is 6.92 Å². The van der Waals surface area contributed by atoms with Crippen molar-refractivity contribution in [1.29, 1.82) is 0 Å². The molecule has 5 heteroatoms. The van der Waals surface area contributed by atoms with Gasteiger partial charge in [-0.25, -0.2) is 0 Å². The predicted octanol–water partition coefficient (Wildman–Crippen LogP) is -2.14. The topological polar surface area (TPSA) is 97.3 Å². The van der Waals surface area contributed by atoms with Gasteiger partial charge in [0.1, 0.15) is 5.78 Å². The van der Waals surface area contributed by atoms with Gasteiger partial charge in [0, 0.05) is 18.4 Å². The Labute approximate surface area is 70.0 Å². The Hall–Kier alpha value is -1.39. The summed E-state index contributed by atoms with van der Waals surface area (Å²) in [5.74, 6) is -2.68. The minimum atomic E-state index is -1.31. The summed E-state index contributed by atoms with van der Waals surface area (Å²) in [7, 11) is 0. The van der Waals surface area contributed by atoms with E-state index >= 15 is 0 Å². The molecule has 0 spiro atoms. The third-order valence-corrected chi connectivity index (χ3v) is 0.682. The molecule has 0 saturated heterocycles. The van der Waals surface area contributed by atoms with Crippen LogP contribution in [-0.2, 0) is 14.4 Å². The molecule has 0 aromatic rings. The van der Waals surface area contributed by atoms with Gasteiger partial charge >= 0.3 is 0 Å². The van der Waals surface area contributed by atoms with E-state index in [4.69, 9.17) is 0 Å². The number of carboxylic acid groups (broad SMARTS) is 2. The van der Waals surface area contributed by atoms with Gasteiger partial charge in [-0.3, -0.25) is 4.79 Å². The van der Waals surface area contributed by atoms with Gasteiger partial charge in [-0.2, -0.15) is 0 Å². The van der Waals surface area contributed by atoms with Crippen LogP contribution in [-0.4, -0.2) is 17.7 Å². The van der Waals surface area contributed by atoms with E-state index in [1.807, 2.05) is 0 Å². The normalized spacial score (nSPS) is 7.83. The monoisotopic (exact) mass is 174 g/mol. The Kier molecular flexibility index (Phi) is 8.50. The summed E-state index contributed by atoms with van der Waals surface area (Å²) in [5, 5.41) is 18.7. The second-order valence-corrected chi connectivity index (χ2v) is 1.98. The molecule has 0 fully saturated rings. The van der Waals surface area contributed by atoms with Crippen molar-refractivity contribution in [3.05, 3.63) is 0 Å². The largest absolute Gasteiger partial charge is 0.550 e. The van der Waals surface area contributed by atoms with Crippen LogP contribution in [0.5, 0.6) is 0 Å². The highest BCUT2D eigenvalue weighted by molar-refractivity contribution is 5.92. The lowest BCUT2D eigenvalue weighted by Crippen LogP contribution is -2.24. The molecule has 0 atom stereocenters. The Morgan fingerprint density at radius 1 is 1.08 bits per heavy atom. The zero-order valence-corrected chi connectivity index (χ0v) is 6.96. The molecule has 0 saturated carbocycles. The lowest BCUT2D eigenvalue weighted by Gasteiger charge is -1.92. The Balaban J connectivity index is 0. The zero-order chi connectivity index (χ0) is 10.1. The molecule has 0 radical (unpaired) electrons. The third kappa shape index (κ3) is 23.5. The molecule has 0 bridgehead atoms. The second-order valence-electron chi connectivity index (χ2n) is 1.98. The standard InChI is InChI=1S/C4H6O3.C3H6O2/c1-3(5)2-4(6)7;1-2-3(4)5/h2H2,1H3,(H,6,7);2H2,1H3,(H,4,5)/p-2. The van der Waals surface area contributed by atoms with Gasteiger partial charge in [0.15, 0.2) is 0 Å². The Morgan fingerprint density at radius 2 is 1.42 bits per heavy atom. The summed E-state index contributed by atoms with van der Waals surface area (Å²) in [6.45, 7) is 2.74. The number of hydrogen-bond donors (Lipinski definition) is 0. The van der Waals surface area contributed by atoms with Crippen LogP contribution in [0.15, 0.2) is 0 Å². The number of hydrogen-bond acceptors (Lipinski definition) is 5. The van der Waals surface area contributed by atoms with Crippen LogP contribution >= 0.6 is 0 Å².